The third kappa shape index (κ3) is 2.68. The van der Waals surface area contributed by atoms with E-state index in [4.69, 9.17) is 11.6 Å². The number of rotatable bonds is 3. The summed E-state index contributed by atoms with van der Waals surface area (Å²) in [4.78, 5) is 0. The minimum absolute atomic E-state index is 0.418. The number of aryl methyl sites for hydroxylation is 1. The van der Waals surface area contributed by atoms with Gasteiger partial charge in [-0.15, -0.1) is 0 Å². The molecule has 0 bridgehead atoms. The summed E-state index contributed by atoms with van der Waals surface area (Å²) in [6.07, 6.45) is 1.03. The summed E-state index contributed by atoms with van der Waals surface area (Å²) in [6, 6.07) is 7.84. The van der Waals surface area contributed by atoms with Crippen LogP contribution in [0.25, 0.3) is 0 Å². The van der Waals surface area contributed by atoms with Gasteiger partial charge < -0.3 is 5.11 Å². The first kappa shape index (κ1) is 12.1. The van der Waals surface area contributed by atoms with Crippen molar-refractivity contribution in [3.63, 3.8) is 0 Å². The maximum atomic E-state index is 10.1. The fraction of sp³-hybridized carbons (Fsp3) is 0.308. The largest absolute Gasteiger partial charge is 0.386 e. The van der Waals surface area contributed by atoms with Crippen LogP contribution >= 0.6 is 11.6 Å². The van der Waals surface area contributed by atoms with E-state index in [0.29, 0.717) is 11.6 Å². The Labute approximate surface area is 106 Å². The molecule has 0 amide bonds. The standard InChI is InChI=1S/C13H15ClN2O/c1-9-3-5-11(6-4-9)13(17)8-16-10(2)12(14)7-15-16/h3-7,13,17H,8H2,1-2H3. The van der Waals surface area contributed by atoms with Crippen LogP contribution in [0.2, 0.25) is 5.02 Å². The number of benzene rings is 1. The Kier molecular flexibility index (Phi) is 3.50. The molecule has 17 heavy (non-hydrogen) atoms. The van der Waals surface area contributed by atoms with Gasteiger partial charge in [-0.25, -0.2) is 0 Å². The normalized spacial score (nSPS) is 12.7. The minimum Gasteiger partial charge on any atom is -0.386 e. The lowest BCUT2D eigenvalue weighted by atomic mass is 10.1. The zero-order chi connectivity index (χ0) is 12.4. The van der Waals surface area contributed by atoms with Crippen LogP contribution < -0.4 is 0 Å². The molecule has 0 saturated carbocycles. The molecule has 2 aromatic rings. The molecule has 0 radical (unpaired) electrons. The van der Waals surface area contributed by atoms with Crippen molar-refractivity contribution < 1.29 is 5.11 Å². The van der Waals surface area contributed by atoms with Gasteiger partial charge in [0.15, 0.2) is 0 Å². The van der Waals surface area contributed by atoms with Gasteiger partial charge in [-0.2, -0.15) is 5.10 Å². The summed E-state index contributed by atoms with van der Waals surface area (Å²) in [5, 5.41) is 14.8. The van der Waals surface area contributed by atoms with Gasteiger partial charge in [-0.1, -0.05) is 41.4 Å². The van der Waals surface area contributed by atoms with Crippen LogP contribution in [0.5, 0.6) is 0 Å². The topological polar surface area (TPSA) is 38.0 Å². The Bertz CT molecular complexity index is 505. The van der Waals surface area contributed by atoms with Crippen molar-refractivity contribution in [2.75, 3.05) is 0 Å². The Morgan fingerprint density at radius 1 is 1.29 bits per heavy atom. The van der Waals surface area contributed by atoms with Crippen LogP contribution in [0.1, 0.15) is 22.9 Å². The van der Waals surface area contributed by atoms with Gasteiger partial charge in [0.25, 0.3) is 0 Å². The number of aliphatic hydroxyl groups is 1. The van der Waals surface area contributed by atoms with Crippen molar-refractivity contribution >= 4 is 11.6 Å². The lowest BCUT2D eigenvalue weighted by Crippen LogP contribution is -2.11. The van der Waals surface area contributed by atoms with Crippen LogP contribution in [-0.4, -0.2) is 14.9 Å². The molecule has 4 heteroatoms. The smallest absolute Gasteiger partial charge is 0.0986 e. The molecular formula is C13H15ClN2O. The Balaban J connectivity index is 2.14. The van der Waals surface area contributed by atoms with E-state index in [1.54, 1.807) is 10.9 Å². The third-order valence-electron chi connectivity index (χ3n) is 2.85. The Morgan fingerprint density at radius 3 is 2.47 bits per heavy atom. The maximum Gasteiger partial charge on any atom is 0.0986 e. The van der Waals surface area contributed by atoms with Crippen molar-refractivity contribution in [1.82, 2.24) is 9.78 Å². The second-order valence-corrected chi connectivity index (χ2v) is 4.59. The highest BCUT2D eigenvalue weighted by atomic mass is 35.5. The van der Waals surface area contributed by atoms with Gasteiger partial charge in [-0.05, 0) is 19.4 Å². The summed E-state index contributed by atoms with van der Waals surface area (Å²) in [5.41, 5.74) is 2.94. The van der Waals surface area contributed by atoms with Gasteiger partial charge >= 0.3 is 0 Å². The van der Waals surface area contributed by atoms with Crippen molar-refractivity contribution in [3.05, 3.63) is 52.3 Å². The summed E-state index contributed by atoms with van der Waals surface area (Å²) in [5.74, 6) is 0. The minimum atomic E-state index is -0.565. The maximum absolute atomic E-state index is 10.1. The monoisotopic (exact) mass is 250 g/mol. The van der Waals surface area contributed by atoms with Crippen molar-refractivity contribution in [3.8, 4) is 0 Å². The molecule has 0 aliphatic heterocycles. The molecule has 0 fully saturated rings. The fourth-order valence-electron chi connectivity index (χ4n) is 1.67. The van der Waals surface area contributed by atoms with Gasteiger partial charge in [0.1, 0.15) is 0 Å². The van der Waals surface area contributed by atoms with Gasteiger partial charge in [0, 0.05) is 0 Å². The number of nitrogens with zero attached hydrogens (tertiary/aromatic N) is 2. The Hall–Kier alpha value is -1.32. The third-order valence-corrected chi connectivity index (χ3v) is 3.22. The first-order valence-electron chi connectivity index (χ1n) is 5.50. The van der Waals surface area contributed by atoms with E-state index >= 15 is 0 Å². The Morgan fingerprint density at radius 2 is 1.94 bits per heavy atom. The molecular weight excluding hydrogens is 236 g/mol. The predicted molar refractivity (Wildman–Crippen MR) is 68.1 cm³/mol. The summed E-state index contributed by atoms with van der Waals surface area (Å²) in [6.45, 7) is 4.33. The van der Waals surface area contributed by atoms with E-state index in [9.17, 15) is 5.11 Å². The van der Waals surface area contributed by atoms with Crippen LogP contribution in [0.4, 0.5) is 0 Å². The van der Waals surface area contributed by atoms with Gasteiger partial charge in [0.05, 0.1) is 29.6 Å². The SMILES string of the molecule is Cc1ccc(C(O)Cn2ncc(Cl)c2C)cc1. The molecule has 1 heterocycles. The summed E-state index contributed by atoms with van der Waals surface area (Å²) in [7, 11) is 0. The summed E-state index contributed by atoms with van der Waals surface area (Å²) < 4.78 is 1.72. The average Bonchev–Trinajstić information content (AvgIpc) is 2.62. The molecule has 1 N–H and O–H groups in total. The lowest BCUT2D eigenvalue weighted by Gasteiger charge is -2.12. The van der Waals surface area contributed by atoms with Crippen LogP contribution in [0.3, 0.4) is 0 Å². The van der Waals surface area contributed by atoms with E-state index in [-0.39, 0.29) is 0 Å². The number of halogens is 1. The van der Waals surface area contributed by atoms with E-state index < -0.39 is 6.10 Å². The molecule has 1 aromatic heterocycles. The van der Waals surface area contributed by atoms with Crippen molar-refractivity contribution in [1.29, 1.82) is 0 Å². The highest BCUT2D eigenvalue weighted by Gasteiger charge is 2.11. The first-order valence-corrected chi connectivity index (χ1v) is 5.88. The van der Waals surface area contributed by atoms with E-state index in [1.807, 2.05) is 38.1 Å². The quantitative estimate of drug-likeness (QED) is 0.910. The second kappa shape index (κ2) is 4.90. The van der Waals surface area contributed by atoms with Crippen LogP contribution in [0, 0.1) is 13.8 Å². The first-order chi connectivity index (χ1) is 8.08. The molecule has 0 aliphatic carbocycles. The predicted octanol–water partition coefficient (Wildman–Crippen LogP) is 2.89. The molecule has 90 valence electrons. The molecule has 0 spiro atoms. The molecule has 2 rings (SSSR count). The van der Waals surface area contributed by atoms with E-state index in [2.05, 4.69) is 5.10 Å². The number of aromatic nitrogens is 2. The molecule has 0 saturated heterocycles. The van der Waals surface area contributed by atoms with Crippen molar-refractivity contribution in [2.24, 2.45) is 0 Å². The van der Waals surface area contributed by atoms with Gasteiger partial charge in [-0.3, -0.25) is 4.68 Å². The number of hydrogen-bond acceptors (Lipinski definition) is 2. The molecule has 1 aromatic carbocycles. The van der Waals surface area contributed by atoms with Crippen molar-refractivity contribution in [2.45, 2.75) is 26.5 Å². The molecule has 1 unspecified atom stereocenters. The van der Waals surface area contributed by atoms with E-state index in [0.717, 1.165) is 11.3 Å². The summed E-state index contributed by atoms with van der Waals surface area (Å²) >= 11 is 5.91. The highest BCUT2D eigenvalue weighted by molar-refractivity contribution is 6.31. The van der Waals surface area contributed by atoms with E-state index in [1.165, 1.54) is 5.56 Å². The highest BCUT2D eigenvalue weighted by Crippen LogP contribution is 2.19. The van der Waals surface area contributed by atoms with Crippen LogP contribution in [0.15, 0.2) is 30.5 Å². The molecule has 0 aliphatic rings. The second-order valence-electron chi connectivity index (χ2n) is 4.19. The van der Waals surface area contributed by atoms with Gasteiger partial charge in [0.2, 0.25) is 0 Å². The fourth-order valence-corrected chi connectivity index (χ4v) is 1.81. The zero-order valence-corrected chi connectivity index (χ0v) is 10.6. The average molecular weight is 251 g/mol. The molecule has 1 atom stereocenters. The zero-order valence-electron chi connectivity index (χ0n) is 9.89. The lowest BCUT2D eigenvalue weighted by molar-refractivity contribution is 0.150. The number of aliphatic hydroxyl groups excluding tert-OH is 1. The molecule has 3 nitrogen and oxygen atoms in total. The number of hydrogen-bond donors (Lipinski definition) is 1. The van der Waals surface area contributed by atoms with Crippen LogP contribution in [-0.2, 0) is 6.54 Å².